The lowest BCUT2D eigenvalue weighted by Gasteiger charge is -2.19. The molecule has 0 aliphatic rings. The number of hydrogen-bond acceptors (Lipinski definition) is 5. The van der Waals surface area contributed by atoms with Gasteiger partial charge in [-0.3, -0.25) is 4.79 Å². The van der Waals surface area contributed by atoms with Crippen LogP contribution in [0.3, 0.4) is 0 Å². The molecule has 0 aliphatic heterocycles. The predicted molar refractivity (Wildman–Crippen MR) is 81.9 cm³/mol. The molecule has 3 N–H and O–H groups in total. The number of amides is 1. The summed E-state index contributed by atoms with van der Waals surface area (Å²) in [4.78, 5) is 20.4. The third-order valence-corrected chi connectivity index (χ3v) is 2.86. The molecule has 112 valence electrons. The average Bonchev–Trinajstić information content (AvgIpc) is 2.40. The summed E-state index contributed by atoms with van der Waals surface area (Å²) in [6.45, 7) is 7.81. The molecule has 1 aromatic rings. The zero-order chi connectivity index (χ0) is 15.1. The summed E-state index contributed by atoms with van der Waals surface area (Å²) in [7, 11) is 1.83. The van der Waals surface area contributed by atoms with Gasteiger partial charge in [-0.2, -0.15) is 0 Å². The van der Waals surface area contributed by atoms with Gasteiger partial charge in [0.2, 0.25) is 5.91 Å². The third kappa shape index (κ3) is 4.36. The zero-order valence-corrected chi connectivity index (χ0v) is 12.9. The number of nitrogens with zero attached hydrogens (tertiary/aromatic N) is 2. The first-order valence-electron chi connectivity index (χ1n) is 7.08. The normalized spacial score (nSPS) is 12.1. The molecular formula is C14H25N5O. The fourth-order valence-electron chi connectivity index (χ4n) is 1.92. The molecule has 6 heteroatoms. The lowest BCUT2D eigenvalue weighted by molar-refractivity contribution is -0.122. The minimum Gasteiger partial charge on any atom is -0.373 e. The fourth-order valence-corrected chi connectivity index (χ4v) is 1.92. The van der Waals surface area contributed by atoms with Crippen LogP contribution in [0.5, 0.6) is 0 Å². The van der Waals surface area contributed by atoms with Crippen LogP contribution in [0.4, 0.5) is 11.6 Å². The monoisotopic (exact) mass is 279 g/mol. The minimum atomic E-state index is -0.340. The molecular weight excluding hydrogens is 254 g/mol. The summed E-state index contributed by atoms with van der Waals surface area (Å²) >= 11 is 0. The maximum Gasteiger partial charge on any atom is 0.242 e. The summed E-state index contributed by atoms with van der Waals surface area (Å²) < 4.78 is 0. The quantitative estimate of drug-likeness (QED) is 0.709. The minimum absolute atomic E-state index is 0.0351. The highest BCUT2D eigenvalue weighted by atomic mass is 16.2. The molecule has 6 nitrogen and oxygen atoms in total. The summed E-state index contributed by atoms with van der Waals surface area (Å²) in [5, 5.41) is 9.12. The number of aromatic nitrogens is 2. The fraction of sp³-hybridized carbons (Fsp3) is 0.643. The Hall–Kier alpha value is -1.85. The van der Waals surface area contributed by atoms with E-state index in [1.54, 1.807) is 0 Å². The smallest absolute Gasteiger partial charge is 0.242 e. The number of nitrogens with one attached hydrogen (secondary N) is 3. The van der Waals surface area contributed by atoms with E-state index in [-0.39, 0.29) is 18.0 Å². The van der Waals surface area contributed by atoms with E-state index in [4.69, 9.17) is 0 Å². The molecule has 0 fully saturated rings. The highest BCUT2D eigenvalue weighted by Crippen LogP contribution is 2.21. The molecule has 1 rings (SSSR count). The number of rotatable bonds is 7. The van der Waals surface area contributed by atoms with Crippen molar-refractivity contribution in [3.8, 4) is 0 Å². The molecule has 0 saturated heterocycles. The molecule has 20 heavy (non-hydrogen) atoms. The summed E-state index contributed by atoms with van der Waals surface area (Å²) in [5.74, 6) is 1.49. The molecule has 1 atom stereocenters. The van der Waals surface area contributed by atoms with Crippen molar-refractivity contribution in [2.24, 2.45) is 0 Å². The first-order chi connectivity index (χ1) is 9.49. The van der Waals surface area contributed by atoms with E-state index in [1.165, 1.54) is 6.33 Å². The third-order valence-electron chi connectivity index (χ3n) is 2.86. The molecule has 0 aliphatic carbocycles. The molecule has 0 saturated carbocycles. The SMILES string of the molecule is CCCc1c(NC)ncnc1NC(C)C(=O)NC(C)C. The van der Waals surface area contributed by atoms with Crippen molar-refractivity contribution >= 4 is 17.5 Å². The van der Waals surface area contributed by atoms with Crippen molar-refractivity contribution in [1.29, 1.82) is 0 Å². The van der Waals surface area contributed by atoms with Crippen LogP contribution < -0.4 is 16.0 Å². The van der Waals surface area contributed by atoms with Gasteiger partial charge in [-0.1, -0.05) is 13.3 Å². The molecule has 1 heterocycles. The number of carbonyl (C=O) groups excluding carboxylic acids is 1. The van der Waals surface area contributed by atoms with E-state index in [9.17, 15) is 4.79 Å². The molecule has 1 unspecified atom stereocenters. The zero-order valence-electron chi connectivity index (χ0n) is 12.9. The maximum atomic E-state index is 11.9. The maximum absolute atomic E-state index is 11.9. The van der Waals surface area contributed by atoms with Crippen molar-refractivity contribution < 1.29 is 4.79 Å². The molecule has 0 spiro atoms. The average molecular weight is 279 g/mol. The molecule has 0 bridgehead atoms. The van der Waals surface area contributed by atoms with Gasteiger partial charge in [0, 0.05) is 18.7 Å². The Balaban J connectivity index is 2.88. The second-order valence-corrected chi connectivity index (χ2v) is 5.08. The Labute approximate surface area is 120 Å². The molecule has 1 aromatic heterocycles. The Morgan fingerprint density at radius 3 is 2.45 bits per heavy atom. The second-order valence-electron chi connectivity index (χ2n) is 5.08. The van der Waals surface area contributed by atoms with Crippen LogP contribution in [0.25, 0.3) is 0 Å². The topological polar surface area (TPSA) is 78.9 Å². The largest absolute Gasteiger partial charge is 0.373 e. The van der Waals surface area contributed by atoms with Crippen LogP contribution in [0.15, 0.2) is 6.33 Å². The first kappa shape index (κ1) is 16.2. The Morgan fingerprint density at radius 1 is 1.25 bits per heavy atom. The second kappa shape index (κ2) is 7.67. The van der Waals surface area contributed by atoms with E-state index >= 15 is 0 Å². The molecule has 0 aromatic carbocycles. The van der Waals surface area contributed by atoms with Crippen molar-refractivity contribution in [2.45, 2.75) is 52.6 Å². The number of anilines is 2. The summed E-state index contributed by atoms with van der Waals surface area (Å²) in [6.07, 6.45) is 3.35. The molecule has 1 amide bonds. The van der Waals surface area contributed by atoms with Gasteiger partial charge in [0.25, 0.3) is 0 Å². The first-order valence-corrected chi connectivity index (χ1v) is 7.08. The van der Waals surface area contributed by atoms with E-state index < -0.39 is 0 Å². The van der Waals surface area contributed by atoms with Gasteiger partial charge < -0.3 is 16.0 Å². The Bertz CT molecular complexity index is 447. The van der Waals surface area contributed by atoms with Crippen molar-refractivity contribution in [3.05, 3.63) is 11.9 Å². The van der Waals surface area contributed by atoms with Crippen LogP contribution in [0.2, 0.25) is 0 Å². The summed E-state index contributed by atoms with van der Waals surface area (Å²) in [6, 6.07) is -0.215. The predicted octanol–water partition coefficient (Wildman–Crippen LogP) is 1.80. The summed E-state index contributed by atoms with van der Waals surface area (Å²) in [5.41, 5.74) is 1.02. The van der Waals surface area contributed by atoms with Crippen LogP contribution in [-0.4, -0.2) is 35.0 Å². The lowest BCUT2D eigenvalue weighted by Crippen LogP contribution is -2.41. The number of carbonyl (C=O) groups is 1. The van der Waals surface area contributed by atoms with Crippen LogP contribution in [0.1, 0.15) is 39.7 Å². The van der Waals surface area contributed by atoms with Gasteiger partial charge in [-0.25, -0.2) is 9.97 Å². The highest BCUT2D eigenvalue weighted by molar-refractivity contribution is 5.84. The van der Waals surface area contributed by atoms with Crippen molar-refractivity contribution in [3.63, 3.8) is 0 Å². The standard InChI is InChI=1S/C14H25N5O/c1-6-7-11-12(15-5)16-8-17-13(11)19-10(4)14(20)18-9(2)3/h8-10H,6-7H2,1-5H3,(H,18,20)(H2,15,16,17,19). The van der Waals surface area contributed by atoms with Gasteiger partial charge in [0.15, 0.2) is 0 Å². The van der Waals surface area contributed by atoms with Gasteiger partial charge in [-0.15, -0.1) is 0 Å². The van der Waals surface area contributed by atoms with Crippen LogP contribution in [-0.2, 0) is 11.2 Å². The van der Waals surface area contributed by atoms with Gasteiger partial charge in [-0.05, 0) is 27.2 Å². The highest BCUT2D eigenvalue weighted by Gasteiger charge is 2.17. The Kier molecular flexibility index (Phi) is 6.21. The van der Waals surface area contributed by atoms with E-state index in [0.717, 1.165) is 30.0 Å². The van der Waals surface area contributed by atoms with Crippen LogP contribution >= 0.6 is 0 Å². The van der Waals surface area contributed by atoms with E-state index in [1.807, 2.05) is 27.8 Å². The van der Waals surface area contributed by atoms with Gasteiger partial charge >= 0.3 is 0 Å². The van der Waals surface area contributed by atoms with Crippen LogP contribution in [0, 0.1) is 0 Å². The van der Waals surface area contributed by atoms with Gasteiger partial charge in [0.05, 0.1) is 0 Å². The molecule has 0 radical (unpaired) electrons. The van der Waals surface area contributed by atoms with Crippen molar-refractivity contribution in [1.82, 2.24) is 15.3 Å². The van der Waals surface area contributed by atoms with E-state index in [0.29, 0.717) is 0 Å². The number of hydrogen-bond donors (Lipinski definition) is 3. The Morgan fingerprint density at radius 2 is 1.90 bits per heavy atom. The van der Waals surface area contributed by atoms with Gasteiger partial charge in [0.1, 0.15) is 24.0 Å². The van der Waals surface area contributed by atoms with E-state index in [2.05, 4.69) is 32.8 Å². The van der Waals surface area contributed by atoms with Crippen molar-refractivity contribution in [2.75, 3.05) is 17.7 Å². The lowest BCUT2D eigenvalue weighted by atomic mass is 10.1.